The first-order valence-corrected chi connectivity index (χ1v) is 8.79. The Kier molecular flexibility index (Phi) is 3.75. The second-order valence-corrected chi connectivity index (χ2v) is 7.63. The first-order chi connectivity index (χ1) is 12.0. The molecule has 4 rings (SSSR count). The number of H-pyrrole nitrogens is 1. The molecular formula is C21H24N4. The molecule has 0 saturated heterocycles. The van der Waals surface area contributed by atoms with E-state index >= 15 is 0 Å². The van der Waals surface area contributed by atoms with Crippen molar-refractivity contribution in [2.24, 2.45) is 5.41 Å². The molecule has 25 heavy (non-hydrogen) atoms. The summed E-state index contributed by atoms with van der Waals surface area (Å²) in [6.07, 6.45) is 5.10. The number of hydrogen-bond donors (Lipinski definition) is 3. The Morgan fingerprint density at radius 1 is 1.16 bits per heavy atom. The minimum absolute atomic E-state index is 0.330. The van der Waals surface area contributed by atoms with Crippen LogP contribution in [0.4, 0.5) is 17.2 Å². The van der Waals surface area contributed by atoms with Gasteiger partial charge in [0.25, 0.3) is 0 Å². The van der Waals surface area contributed by atoms with Crippen LogP contribution >= 0.6 is 0 Å². The van der Waals surface area contributed by atoms with Gasteiger partial charge in [0, 0.05) is 23.1 Å². The van der Waals surface area contributed by atoms with E-state index in [1.165, 1.54) is 23.4 Å². The van der Waals surface area contributed by atoms with E-state index in [2.05, 4.69) is 53.4 Å². The molecule has 2 aromatic heterocycles. The Morgan fingerprint density at radius 3 is 2.72 bits per heavy atom. The maximum Gasteiger partial charge on any atom is 0.123 e. The van der Waals surface area contributed by atoms with Gasteiger partial charge in [-0.25, -0.2) is 4.98 Å². The standard InChI is InChI=1S/C21H24N4/c1-21(2)10-8-16-17(13-21)25-19(14-9-11-23-18(22)12-14)20(16)24-15-6-4-3-5-7-15/h3-7,9,11-12,24-25H,8,10,13H2,1-2H3,(H2,22,23). The highest BCUT2D eigenvalue weighted by Gasteiger charge is 2.30. The molecule has 2 heterocycles. The van der Waals surface area contributed by atoms with Crippen LogP contribution in [0.25, 0.3) is 11.3 Å². The van der Waals surface area contributed by atoms with Gasteiger partial charge in [0.1, 0.15) is 5.82 Å². The minimum atomic E-state index is 0.330. The third-order valence-electron chi connectivity index (χ3n) is 5.01. The molecular weight excluding hydrogens is 308 g/mol. The molecule has 1 aromatic carbocycles. The van der Waals surface area contributed by atoms with Gasteiger partial charge in [-0.15, -0.1) is 0 Å². The van der Waals surface area contributed by atoms with E-state index in [9.17, 15) is 0 Å². The van der Waals surface area contributed by atoms with Gasteiger partial charge in [-0.1, -0.05) is 32.0 Å². The topological polar surface area (TPSA) is 66.7 Å². The zero-order valence-corrected chi connectivity index (χ0v) is 14.8. The fourth-order valence-corrected chi connectivity index (χ4v) is 3.67. The number of para-hydroxylation sites is 1. The van der Waals surface area contributed by atoms with Gasteiger partial charge in [-0.3, -0.25) is 0 Å². The number of pyridine rings is 1. The second-order valence-electron chi connectivity index (χ2n) is 7.63. The lowest BCUT2D eigenvalue weighted by Gasteiger charge is -2.29. The van der Waals surface area contributed by atoms with Gasteiger partial charge < -0.3 is 16.0 Å². The largest absolute Gasteiger partial charge is 0.384 e. The quantitative estimate of drug-likeness (QED) is 0.638. The summed E-state index contributed by atoms with van der Waals surface area (Å²) in [6, 6.07) is 14.3. The lowest BCUT2D eigenvalue weighted by Crippen LogP contribution is -2.22. The molecule has 0 atom stereocenters. The van der Waals surface area contributed by atoms with Crippen molar-refractivity contribution in [1.29, 1.82) is 0 Å². The summed E-state index contributed by atoms with van der Waals surface area (Å²) in [6.45, 7) is 4.68. The highest BCUT2D eigenvalue weighted by molar-refractivity contribution is 5.83. The van der Waals surface area contributed by atoms with Crippen LogP contribution in [0.15, 0.2) is 48.7 Å². The fraction of sp³-hybridized carbons (Fsp3) is 0.286. The Hall–Kier alpha value is -2.75. The number of nitrogens with one attached hydrogen (secondary N) is 2. The molecule has 0 spiro atoms. The zero-order chi connectivity index (χ0) is 17.4. The van der Waals surface area contributed by atoms with Gasteiger partial charge in [0.15, 0.2) is 0 Å². The van der Waals surface area contributed by atoms with Crippen LogP contribution in [0.2, 0.25) is 0 Å². The SMILES string of the molecule is CC1(C)CCc2c([nH]c(-c3ccnc(N)c3)c2Nc2ccccc2)C1. The highest BCUT2D eigenvalue weighted by Crippen LogP contribution is 2.43. The van der Waals surface area contributed by atoms with Crippen LogP contribution in [0, 0.1) is 5.41 Å². The minimum Gasteiger partial charge on any atom is -0.384 e. The second kappa shape index (κ2) is 5.96. The van der Waals surface area contributed by atoms with E-state index in [0.29, 0.717) is 11.2 Å². The van der Waals surface area contributed by atoms with Crippen molar-refractivity contribution < 1.29 is 0 Å². The Balaban J connectivity index is 1.83. The molecule has 3 aromatic rings. The van der Waals surface area contributed by atoms with Crippen LogP contribution in [-0.2, 0) is 12.8 Å². The molecule has 0 radical (unpaired) electrons. The van der Waals surface area contributed by atoms with Crippen molar-refractivity contribution in [3.63, 3.8) is 0 Å². The molecule has 4 heteroatoms. The van der Waals surface area contributed by atoms with E-state index in [-0.39, 0.29) is 0 Å². The summed E-state index contributed by atoms with van der Waals surface area (Å²) in [4.78, 5) is 7.80. The normalized spacial score (nSPS) is 15.6. The average molecular weight is 332 g/mol. The van der Waals surface area contributed by atoms with Crippen molar-refractivity contribution >= 4 is 17.2 Å². The van der Waals surface area contributed by atoms with Crippen LogP contribution in [0.1, 0.15) is 31.5 Å². The Labute approximate surface area is 148 Å². The van der Waals surface area contributed by atoms with E-state index < -0.39 is 0 Å². The number of fused-ring (bicyclic) bond motifs is 1. The lowest BCUT2D eigenvalue weighted by molar-refractivity contribution is 0.313. The summed E-state index contributed by atoms with van der Waals surface area (Å²) < 4.78 is 0. The molecule has 4 N–H and O–H groups in total. The summed E-state index contributed by atoms with van der Waals surface area (Å²) >= 11 is 0. The Morgan fingerprint density at radius 2 is 1.96 bits per heavy atom. The molecule has 0 saturated carbocycles. The summed E-state index contributed by atoms with van der Waals surface area (Å²) in [5.74, 6) is 0.538. The molecule has 0 aliphatic heterocycles. The van der Waals surface area contributed by atoms with E-state index in [0.717, 1.165) is 29.8 Å². The number of nitrogen functional groups attached to an aromatic ring is 1. The summed E-state index contributed by atoms with van der Waals surface area (Å²) in [5.41, 5.74) is 13.4. The molecule has 0 bridgehead atoms. The Bertz CT molecular complexity index is 894. The number of nitrogens with two attached hydrogens (primary N) is 1. The van der Waals surface area contributed by atoms with Gasteiger partial charge in [0.05, 0.1) is 11.4 Å². The van der Waals surface area contributed by atoms with Gasteiger partial charge in [-0.05, 0) is 54.5 Å². The molecule has 4 nitrogen and oxygen atoms in total. The number of anilines is 3. The number of nitrogens with zero attached hydrogens (tertiary/aromatic N) is 1. The maximum atomic E-state index is 5.92. The predicted molar refractivity (Wildman–Crippen MR) is 104 cm³/mol. The predicted octanol–water partition coefficient (Wildman–Crippen LogP) is 4.92. The molecule has 1 aliphatic carbocycles. The molecule has 1 aliphatic rings. The summed E-state index contributed by atoms with van der Waals surface area (Å²) in [7, 11) is 0. The average Bonchev–Trinajstić information content (AvgIpc) is 2.92. The number of hydrogen-bond acceptors (Lipinski definition) is 3. The maximum absolute atomic E-state index is 5.92. The first-order valence-electron chi connectivity index (χ1n) is 8.79. The van der Waals surface area contributed by atoms with Crippen LogP contribution in [-0.4, -0.2) is 9.97 Å². The van der Waals surface area contributed by atoms with E-state index in [1.54, 1.807) is 6.20 Å². The number of aromatic amines is 1. The van der Waals surface area contributed by atoms with Crippen LogP contribution in [0.5, 0.6) is 0 Å². The monoisotopic (exact) mass is 332 g/mol. The van der Waals surface area contributed by atoms with Gasteiger partial charge >= 0.3 is 0 Å². The van der Waals surface area contributed by atoms with Gasteiger partial charge in [-0.2, -0.15) is 0 Å². The third-order valence-corrected chi connectivity index (χ3v) is 5.01. The number of rotatable bonds is 3. The van der Waals surface area contributed by atoms with Crippen molar-refractivity contribution in [2.75, 3.05) is 11.1 Å². The van der Waals surface area contributed by atoms with E-state index in [1.807, 2.05) is 18.2 Å². The highest BCUT2D eigenvalue weighted by atomic mass is 14.9. The van der Waals surface area contributed by atoms with Gasteiger partial charge in [0.2, 0.25) is 0 Å². The third kappa shape index (κ3) is 3.12. The first kappa shape index (κ1) is 15.8. The van der Waals surface area contributed by atoms with Crippen molar-refractivity contribution in [3.05, 3.63) is 59.9 Å². The molecule has 0 fully saturated rings. The lowest BCUT2D eigenvalue weighted by atomic mass is 9.76. The zero-order valence-electron chi connectivity index (χ0n) is 14.8. The summed E-state index contributed by atoms with van der Waals surface area (Å²) in [5, 5.41) is 3.63. The fourth-order valence-electron chi connectivity index (χ4n) is 3.67. The van der Waals surface area contributed by atoms with Crippen molar-refractivity contribution in [1.82, 2.24) is 9.97 Å². The molecule has 128 valence electrons. The smallest absolute Gasteiger partial charge is 0.123 e. The number of aromatic nitrogens is 2. The molecule has 0 unspecified atom stereocenters. The molecule has 0 amide bonds. The number of benzene rings is 1. The van der Waals surface area contributed by atoms with E-state index in [4.69, 9.17) is 5.73 Å². The van der Waals surface area contributed by atoms with Crippen LogP contribution < -0.4 is 11.1 Å². The van der Waals surface area contributed by atoms with Crippen molar-refractivity contribution in [2.45, 2.75) is 33.1 Å². The van der Waals surface area contributed by atoms with Crippen LogP contribution in [0.3, 0.4) is 0 Å². The van der Waals surface area contributed by atoms with Crippen molar-refractivity contribution in [3.8, 4) is 11.3 Å².